The molecule has 104 valence electrons. The van der Waals surface area contributed by atoms with E-state index in [0.717, 1.165) is 11.8 Å². The predicted molar refractivity (Wildman–Crippen MR) is 78.4 cm³/mol. The number of hydrogen-bond donors (Lipinski definition) is 0. The molecule has 0 radical (unpaired) electrons. The molecule has 0 aliphatic heterocycles. The highest BCUT2D eigenvalue weighted by Crippen LogP contribution is 2.35. The molecule has 0 saturated carbocycles. The van der Waals surface area contributed by atoms with Gasteiger partial charge in [0, 0.05) is 16.5 Å². The van der Waals surface area contributed by atoms with E-state index in [-0.39, 0.29) is 5.76 Å². The van der Waals surface area contributed by atoms with Gasteiger partial charge in [0.05, 0.1) is 7.11 Å². The van der Waals surface area contributed by atoms with E-state index in [9.17, 15) is 9.59 Å². The third kappa shape index (κ3) is 2.21. The first-order valence-corrected chi connectivity index (χ1v) is 6.40. The van der Waals surface area contributed by atoms with Crippen molar-refractivity contribution in [3.8, 4) is 11.1 Å². The second-order valence-electron chi connectivity index (χ2n) is 4.54. The van der Waals surface area contributed by atoms with Crippen molar-refractivity contribution < 1.29 is 18.7 Å². The second-order valence-corrected chi connectivity index (χ2v) is 4.54. The molecule has 3 aromatic rings. The summed E-state index contributed by atoms with van der Waals surface area (Å²) in [7, 11) is 1.31. The van der Waals surface area contributed by atoms with E-state index in [2.05, 4.69) is 0 Å². The molecular weight excluding hydrogens is 268 g/mol. The fourth-order valence-corrected chi connectivity index (χ4v) is 2.32. The topological polar surface area (TPSA) is 56.5 Å². The molecule has 0 spiro atoms. The Morgan fingerprint density at radius 1 is 1.14 bits per heavy atom. The van der Waals surface area contributed by atoms with Crippen molar-refractivity contribution in [2.45, 2.75) is 0 Å². The van der Waals surface area contributed by atoms with E-state index in [1.807, 2.05) is 30.3 Å². The largest absolute Gasteiger partial charge is 0.463 e. The summed E-state index contributed by atoms with van der Waals surface area (Å²) in [6, 6.07) is 14.4. The van der Waals surface area contributed by atoms with Crippen LogP contribution in [0, 0.1) is 0 Å². The van der Waals surface area contributed by atoms with E-state index in [1.54, 1.807) is 18.2 Å². The maximum absolute atomic E-state index is 11.9. The van der Waals surface area contributed by atoms with Crippen LogP contribution in [0.2, 0.25) is 0 Å². The molecule has 0 atom stereocenters. The van der Waals surface area contributed by atoms with E-state index >= 15 is 0 Å². The standard InChI is InChI=1S/C17H12O4/c1-20-17(19)16-15(12-5-3-2-4-6-12)13-9-11(10-18)7-8-14(13)21-16/h2-10H,1H3. The van der Waals surface area contributed by atoms with Crippen molar-refractivity contribution in [2.75, 3.05) is 7.11 Å². The number of rotatable bonds is 3. The van der Waals surface area contributed by atoms with E-state index in [4.69, 9.17) is 9.15 Å². The molecule has 0 amide bonds. The zero-order chi connectivity index (χ0) is 14.8. The number of carbonyl (C=O) groups is 2. The Morgan fingerprint density at radius 3 is 2.57 bits per heavy atom. The number of carbonyl (C=O) groups excluding carboxylic acids is 2. The molecule has 1 aromatic heterocycles. The van der Waals surface area contributed by atoms with Crippen molar-refractivity contribution in [1.29, 1.82) is 0 Å². The Labute approximate surface area is 120 Å². The van der Waals surface area contributed by atoms with Crippen LogP contribution in [0.25, 0.3) is 22.1 Å². The normalized spacial score (nSPS) is 10.5. The number of ether oxygens (including phenoxy) is 1. The molecule has 4 heteroatoms. The van der Waals surface area contributed by atoms with Gasteiger partial charge in [0.15, 0.2) is 0 Å². The smallest absolute Gasteiger partial charge is 0.374 e. The van der Waals surface area contributed by atoms with Crippen LogP contribution in [0.1, 0.15) is 20.9 Å². The highest BCUT2D eigenvalue weighted by atomic mass is 16.5. The van der Waals surface area contributed by atoms with Gasteiger partial charge >= 0.3 is 5.97 Å². The van der Waals surface area contributed by atoms with Crippen LogP contribution in [0.4, 0.5) is 0 Å². The van der Waals surface area contributed by atoms with E-state index in [0.29, 0.717) is 22.1 Å². The first-order chi connectivity index (χ1) is 10.2. The van der Waals surface area contributed by atoms with Gasteiger partial charge in [0.1, 0.15) is 11.9 Å². The Bertz CT molecular complexity index is 815. The van der Waals surface area contributed by atoms with Gasteiger partial charge in [-0.3, -0.25) is 4.79 Å². The quantitative estimate of drug-likeness (QED) is 0.542. The molecule has 0 aliphatic rings. The van der Waals surface area contributed by atoms with Crippen LogP contribution in [-0.4, -0.2) is 19.4 Å². The minimum Gasteiger partial charge on any atom is -0.463 e. The summed E-state index contributed by atoms with van der Waals surface area (Å²) in [5.74, 6) is -0.403. The lowest BCUT2D eigenvalue weighted by Gasteiger charge is -2.02. The maximum atomic E-state index is 11.9. The Kier molecular flexibility index (Phi) is 3.28. The molecule has 3 rings (SSSR count). The summed E-state index contributed by atoms with van der Waals surface area (Å²) in [6.07, 6.45) is 0.763. The fraction of sp³-hybridized carbons (Fsp3) is 0.0588. The minimum absolute atomic E-state index is 0.141. The molecule has 0 saturated heterocycles. The molecule has 0 fully saturated rings. The molecule has 4 nitrogen and oxygen atoms in total. The second kappa shape index (κ2) is 5.25. The van der Waals surface area contributed by atoms with Crippen molar-refractivity contribution in [1.82, 2.24) is 0 Å². The number of hydrogen-bond acceptors (Lipinski definition) is 4. The van der Waals surface area contributed by atoms with Gasteiger partial charge < -0.3 is 9.15 Å². The first kappa shape index (κ1) is 13.1. The van der Waals surface area contributed by atoms with Gasteiger partial charge in [-0.1, -0.05) is 30.3 Å². The van der Waals surface area contributed by atoms with Gasteiger partial charge in [0.2, 0.25) is 5.76 Å². The third-order valence-corrected chi connectivity index (χ3v) is 3.28. The van der Waals surface area contributed by atoms with Crippen LogP contribution >= 0.6 is 0 Å². The van der Waals surface area contributed by atoms with Crippen LogP contribution in [-0.2, 0) is 4.74 Å². The fourth-order valence-electron chi connectivity index (χ4n) is 2.32. The zero-order valence-electron chi connectivity index (χ0n) is 11.3. The van der Waals surface area contributed by atoms with E-state index < -0.39 is 5.97 Å². The summed E-state index contributed by atoms with van der Waals surface area (Å²) >= 11 is 0. The summed E-state index contributed by atoms with van der Waals surface area (Å²) in [5, 5.41) is 0.714. The lowest BCUT2D eigenvalue weighted by atomic mass is 10.0. The van der Waals surface area contributed by atoms with Crippen molar-refractivity contribution in [3.05, 3.63) is 59.9 Å². The lowest BCUT2D eigenvalue weighted by molar-refractivity contribution is 0.0569. The summed E-state index contributed by atoms with van der Waals surface area (Å²) in [6.45, 7) is 0. The Balaban J connectivity index is 2.36. The SMILES string of the molecule is COC(=O)c1oc2ccc(C=O)cc2c1-c1ccccc1. The van der Waals surface area contributed by atoms with Crippen LogP contribution in [0.3, 0.4) is 0 Å². The molecule has 0 unspecified atom stereocenters. The van der Waals surface area contributed by atoms with E-state index in [1.165, 1.54) is 7.11 Å². The molecule has 21 heavy (non-hydrogen) atoms. The van der Waals surface area contributed by atoms with Gasteiger partial charge in [-0.25, -0.2) is 4.79 Å². The molecule has 1 heterocycles. The number of benzene rings is 2. The number of fused-ring (bicyclic) bond motifs is 1. The summed E-state index contributed by atoms with van der Waals surface area (Å²) < 4.78 is 10.4. The maximum Gasteiger partial charge on any atom is 0.374 e. The van der Waals surface area contributed by atoms with Crippen molar-refractivity contribution in [3.63, 3.8) is 0 Å². The van der Waals surface area contributed by atoms with Crippen molar-refractivity contribution >= 4 is 23.2 Å². The number of aldehydes is 1. The average Bonchev–Trinajstić information content (AvgIpc) is 2.93. The highest BCUT2D eigenvalue weighted by molar-refractivity contribution is 6.07. The Hall–Kier alpha value is -2.88. The first-order valence-electron chi connectivity index (χ1n) is 6.40. The monoisotopic (exact) mass is 280 g/mol. The molecular formula is C17H12O4. The molecule has 0 bridgehead atoms. The van der Waals surface area contributed by atoms with Gasteiger partial charge in [-0.2, -0.15) is 0 Å². The highest BCUT2D eigenvalue weighted by Gasteiger charge is 2.22. The summed E-state index contributed by atoms with van der Waals surface area (Å²) in [5.41, 5.74) is 2.54. The van der Waals surface area contributed by atoms with Gasteiger partial charge in [-0.15, -0.1) is 0 Å². The van der Waals surface area contributed by atoms with Crippen LogP contribution < -0.4 is 0 Å². The van der Waals surface area contributed by atoms with Crippen LogP contribution in [0.15, 0.2) is 52.9 Å². The van der Waals surface area contributed by atoms with Gasteiger partial charge in [0.25, 0.3) is 0 Å². The number of furan rings is 1. The third-order valence-electron chi connectivity index (χ3n) is 3.28. The predicted octanol–water partition coefficient (Wildman–Crippen LogP) is 3.70. The molecule has 2 aromatic carbocycles. The lowest BCUT2D eigenvalue weighted by Crippen LogP contribution is -2.01. The van der Waals surface area contributed by atoms with Crippen LogP contribution in [0.5, 0.6) is 0 Å². The van der Waals surface area contributed by atoms with Crippen molar-refractivity contribution in [2.24, 2.45) is 0 Å². The Morgan fingerprint density at radius 2 is 1.90 bits per heavy atom. The number of esters is 1. The van der Waals surface area contributed by atoms with Gasteiger partial charge in [-0.05, 0) is 23.8 Å². The molecule has 0 aliphatic carbocycles. The zero-order valence-corrected chi connectivity index (χ0v) is 11.3. The molecule has 0 N–H and O–H groups in total. The number of methoxy groups -OCH3 is 1. The minimum atomic E-state index is -0.544. The average molecular weight is 280 g/mol. The summed E-state index contributed by atoms with van der Waals surface area (Å²) in [4.78, 5) is 22.9.